The van der Waals surface area contributed by atoms with Crippen molar-refractivity contribution >= 4 is 17.3 Å². The van der Waals surface area contributed by atoms with Gasteiger partial charge in [0.25, 0.3) is 0 Å². The first-order valence-electron chi connectivity index (χ1n) is 8.07. The number of hydrogen-bond donors (Lipinski definition) is 2. The molecule has 0 unspecified atom stereocenters. The number of rotatable bonds is 7. The van der Waals surface area contributed by atoms with Gasteiger partial charge in [0.15, 0.2) is 0 Å². The summed E-state index contributed by atoms with van der Waals surface area (Å²) in [5, 5.41) is 17.1. The minimum atomic E-state index is 0.0782. The Labute approximate surface area is 141 Å². The van der Waals surface area contributed by atoms with Crippen LogP contribution < -0.4 is 10.1 Å². The Kier molecular flexibility index (Phi) is 5.41. The van der Waals surface area contributed by atoms with Crippen molar-refractivity contribution in [1.29, 1.82) is 0 Å². The second-order valence-corrected chi connectivity index (χ2v) is 6.28. The van der Waals surface area contributed by atoms with Crippen LogP contribution in [0.15, 0.2) is 30.6 Å². The largest absolute Gasteiger partial charge is 0.490 e. The number of aliphatic hydroxyl groups is 1. The number of hydrogen-bond acceptors (Lipinski definition) is 4. The summed E-state index contributed by atoms with van der Waals surface area (Å²) in [6.45, 7) is 1.19. The molecular weight excluding hydrogens is 314 g/mol. The molecule has 0 atom stereocenters. The first-order chi connectivity index (χ1) is 11.2. The minimum Gasteiger partial charge on any atom is -0.490 e. The topological polar surface area (TPSA) is 59.3 Å². The van der Waals surface area contributed by atoms with Crippen molar-refractivity contribution in [3.8, 4) is 5.75 Å². The highest BCUT2D eigenvalue weighted by Gasteiger charge is 2.18. The van der Waals surface area contributed by atoms with E-state index in [4.69, 9.17) is 21.4 Å². The third-order valence-electron chi connectivity index (χ3n) is 4.06. The third-order valence-corrected chi connectivity index (χ3v) is 4.30. The van der Waals surface area contributed by atoms with Gasteiger partial charge in [-0.15, -0.1) is 0 Å². The maximum Gasteiger partial charge on any atom is 0.124 e. The predicted octanol–water partition coefficient (Wildman–Crippen LogP) is 3.46. The number of ether oxygens (including phenoxy) is 1. The Balaban J connectivity index is 1.66. The molecule has 124 valence electrons. The average Bonchev–Trinajstić information content (AvgIpc) is 3.20. The third kappa shape index (κ3) is 4.39. The average molecular weight is 336 g/mol. The maximum atomic E-state index is 8.93. The summed E-state index contributed by atoms with van der Waals surface area (Å²) in [7, 11) is 0. The molecule has 6 heteroatoms. The van der Waals surface area contributed by atoms with Gasteiger partial charge < -0.3 is 15.2 Å². The van der Waals surface area contributed by atoms with Gasteiger partial charge in [0, 0.05) is 23.3 Å². The van der Waals surface area contributed by atoms with Gasteiger partial charge in [-0.2, -0.15) is 5.10 Å². The Morgan fingerprint density at radius 2 is 2.17 bits per heavy atom. The molecule has 2 N–H and O–H groups in total. The molecule has 1 fully saturated rings. The first-order valence-corrected chi connectivity index (χ1v) is 8.44. The van der Waals surface area contributed by atoms with Gasteiger partial charge in [-0.25, -0.2) is 0 Å². The molecule has 1 aliphatic rings. The normalized spacial score (nSPS) is 15.0. The van der Waals surface area contributed by atoms with Crippen molar-refractivity contribution in [3.05, 3.63) is 41.2 Å². The smallest absolute Gasteiger partial charge is 0.124 e. The number of aliphatic hydroxyl groups excluding tert-OH is 1. The van der Waals surface area contributed by atoms with Crippen LogP contribution in [0.4, 0.5) is 5.69 Å². The molecule has 1 aromatic carbocycles. The van der Waals surface area contributed by atoms with E-state index in [0.717, 1.165) is 29.8 Å². The summed E-state index contributed by atoms with van der Waals surface area (Å²) < 4.78 is 7.85. The maximum absolute atomic E-state index is 8.93. The lowest BCUT2D eigenvalue weighted by atomic mass is 10.2. The fraction of sp³-hybridized carbons (Fsp3) is 0.471. The van der Waals surface area contributed by atoms with Crippen LogP contribution in [0.5, 0.6) is 5.75 Å². The fourth-order valence-corrected chi connectivity index (χ4v) is 3.06. The van der Waals surface area contributed by atoms with Crippen molar-refractivity contribution < 1.29 is 9.84 Å². The van der Waals surface area contributed by atoms with E-state index in [1.54, 1.807) is 10.9 Å². The summed E-state index contributed by atoms with van der Waals surface area (Å²) in [5.74, 6) is 0.900. The van der Waals surface area contributed by atoms with E-state index in [2.05, 4.69) is 10.4 Å². The molecule has 1 aliphatic carbocycles. The van der Waals surface area contributed by atoms with Gasteiger partial charge in [-0.1, -0.05) is 11.6 Å². The number of anilines is 1. The molecule has 0 saturated heterocycles. The van der Waals surface area contributed by atoms with Crippen molar-refractivity contribution in [1.82, 2.24) is 9.78 Å². The second-order valence-electron chi connectivity index (χ2n) is 5.85. The minimum absolute atomic E-state index is 0.0782. The van der Waals surface area contributed by atoms with E-state index >= 15 is 0 Å². The molecule has 1 aromatic heterocycles. The zero-order chi connectivity index (χ0) is 16.1. The van der Waals surface area contributed by atoms with Gasteiger partial charge >= 0.3 is 0 Å². The predicted molar refractivity (Wildman–Crippen MR) is 91.0 cm³/mol. The van der Waals surface area contributed by atoms with Gasteiger partial charge in [-0.3, -0.25) is 4.68 Å². The summed E-state index contributed by atoms with van der Waals surface area (Å²) >= 11 is 6.13. The molecule has 2 aromatic rings. The van der Waals surface area contributed by atoms with E-state index < -0.39 is 0 Å². The van der Waals surface area contributed by atoms with Crippen LogP contribution in [-0.4, -0.2) is 27.6 Å². The molecule has 0 radical (unpaired) electrons. The van der Waals surface area contributed by atoms with Gasteiger partial charge in [0.2, 0.25) is 0 Å². The van der Waals surface area contributed by atoms with Crippen LogP contribution in [0, 0.1) is 0 Å². The van der Waals surface area contributed by atoms with Crippen molar-refractivity contribution in [3.63, 3.8) is 0 Å². The highest BCUT2D eigenvalue weighted by Crippen LogP contribution is 2.29. The highest BCUT2D eigenvalue weighted by molar-refractivity contribution is 6.30. The monoisotopic (exact) mass is 335 g/mol. The second kappa shape index (κ2) is 7.70. The number of nitrogens with one attached hydrogen (secondary N) is 1. The number of halogens is 1. The molecule has 1 heterocycles. The fourth-order valence-electron chi connectivity index (χ4n) is 2.86. The van der Waals surface area contributed by atoms with Crippen LogP contribution >= 0.6 is 11.6 Å². The summed E-state index contributed by atoms with van der Waals surface area (Å²) in [4.78, 5) is 0. The molecule has 0 amide bonds. The highest BCUT2D eigenvalue weighted by atomic mass is 35.5. The van der Waals surface area contributed by atoms with Gasteiger partial charge in [0.1, 0.15) is 5.75 Å². The lowest BCUT2D eigenvalue weighted by molar-refractivity contribution is 0.208. The Bertz CT molecular complexity index is 639. The van der Waals surface area contributed by atoms with Crippen molar-refractivity contribution in [2.24, 2.45) is 0 Å². The number of benzene rings is 1. The van der Waals surface area contributed by atoms with Crippen LogP contribution in [0.25, 0.3) is 0 Å². The van der Waals surface area contributed by atoms with Gasteiger partial charge in [-0.05, 0) is 43.9 Å². The van der Waals surface area contributed by atoms with Crippen LogP contribution in [0.3, 0.4) is 0 Å². The van der Waals surface area contributed by atoms with Crippen molar-refractivity contribution in [2.45, 2.75) is 44.9 Å². The standard InChI is InChI=1S/C17H22ClN3O2/c18-14-5-6-17(23-16-3-1-2-4-16)13(9-14)10-19-15-11-20-21(12-15)7-8-22/h5-6,9,11-12,16,19,22H,1-4,7-8,10H2. The van der Waals surface area contributed by atoms with Crippen molar-refractivity contribution in [2.75, 3.05) is 11.9 Å². The zero-order valence-corrected chi connectivity index (χ0v) is 13.8. The summed E-state index contributed by atoms with van der Waals surface area (Å²) in [6.07, 6.45) is 8.69. The van der Waals surface area contributed by atoms with Gasteiger partial charge in [0.05, 0.1) is 31.1 Å². The summed E-state index contributed by atoms with van der Waals surface area (Å²) in [6, 6.07) is 5.76. The Morgan fingerprint density at radius 1 is 1.35 bits per heavy atom. The molecule has 0 aliphatic heterocycles. The molecule has 0 spiro atoms. The molecule has 3 rings (SSSR count). The van der Waals surface area contributed by atoms with E-state index in [1.165, 1.54) is 12.8 Å². The molecule has 23 heavy (non-hydrogen) atoms. The van der Waals surface area contributed by atoms with Crippen LogP contribution in [0.1, 0.15) is 31.2 Å². The van der Waals surface area contributed by atoms with E-state index in [1.807, 2.05) is 24.4 Å². The zero-order valence-electron chi connectivity index (χ0n) is 13.0. The molecule has 0 bridgehead atoms. The quantitative estimate of drug-likeness (QED) is 0.813. The molecule has 1 saturated carbocycles. The van der Waals surface area contributed by atoms with Crippen LogP contribution in [-0.2, 0) is 13.1 Å². The van der Waals surface area contributed by atoms with E-state index in [0.29, 0.717) is 24.2 Å². The van der Waals surface area contributed by atoms with Crippen LogP contribution in [0.2, 0.25) is 5.02 Å². The lowest BCUT2D eigenvalue weighted by Crippen LogP contribution is -2.13. The lowest BCUT2D eigenvalue weighted by Gasteiger charge is -2.17. The SMILES string of the molecule is OCCn1cc(NCc2cc(Cl)ccc2OC2CCCC2)cn1. The molecular formula is C17H22ClN3O2. The Morgan fingerprint density at radius 3 is 2.96 bits per heavy atom. The molecule has 5 nitrogen and oxygen atoms in total. The first kappa shape index (κ1) is 16.1. The summed E-state index contributed by atoms with van der Waals surface area (Å²) in [5.41, 5.74) is 1.95. The number of aromatic nitrogens is 2. The Hall–Kier alpha value is -1.72. The number of nitrogens with zero attached hydrogens (tertiary/aromatic N) is 2. The van der Waals surface area contributed by atoms with E-state index in [-0.39, 0.29) is 6.61 Å². The van der Waals surface area contributed by atoms with E-state index in [9.17, 15) is 0 Å².